The number of benzene rings is 1. The van der Waals surface area contributed by atoms with Gasteiger partial charge in [0.25, 0.3) is 0 Å². The highest BCUT2D eigenvalue weighted by Gasteiger charge is 2.36. The van der Waals surface area contributed by atoms with Crippen molar-refractivity contribution in [2.24, 2.45) is 11.8 Å². The van der Waals surface area contributed by atoms with Crippen LogP contribution < -0.4 is 21.1 Å². The molecule has 1 aromatic carbocycles. The number of carbonyl (C=O) groups excluding carboxylic acids is 2. The monoisotopic (exact) mass is 597 g/mol. The molecule has 0 radical (unpaired) electrons. The van der Waals surface area contributed by atoms with Gasteiger partial charge in [-0.1, -0.05) is 44.5 Å². The van der Waals surface area contributed by atoms with E-state index in [-0.39, 0.29) is 40.5 Å². The minimum absolute atomic E-state index is 0.0560. The van der Waals surface area contributed by atoms with E-state index in [1.807, 2.05) is 23.6 Å². The van der Waals surface area contributed by atoms with E-state index in [1.165, 1.54) is 17.4 Å². The van der Waals surface area contributed by atoms with Gasteiger partial charge in [0.1, 0.15) is 10.7 Å². The second kappa shape index (κ2) is 14.2. The molecule has 3 atom stereocenters. The molecule has 0 spiro atoms. The molecule has 0 unspecified atom stereocenters. The Hall–Kier alpha value is -3.12. The van der Waals surface area contributed by atoms with Crippen LogP contribution >= 0.6 is 11.3 Å². The van der Waals surface area contributed by atoms with E-state index in [1.54, 1.807) is 31.3 Å². The highest BCUT2D eigenvalue weighted by Crippen LogP contribution is 2.36. The number of piperidine rings is 1. The van der Waals surface area contributed by atoms with E-state index < -0.39 is 16.1 Å². The van der Waals surface area contributed by atoms with Crippen molar-refractivity contribution in [3.05, 3.63) is 59.6 Å². The summed E-state index contributed by atoms with van der Waals surface area (Å²) in [6, 6.07) is 11.4. The molecule has 1 aliphatic heterocycles. The maximum absolute atomic E-state index is 14.0. The number of anilines is 2. The molecule has 0 bridgehead atoms. The van der Waals surface area contributed by atoms with Gasteiger partial charge in [-0.2, -0.15) is 0 Å². The summed E-state index contributed by atoms with van der Waals surface area (Å²) in [5, 5.41) is 8.02. The topological polar surface area (TPSA) is 143 Å². The second-order valence-electron chi connectivity index (χ2n) is 10.4. The molecule has 2 aromatic heterocycles. The molecule has 3 aromatic rings. The van der Waals surface area contributed by atoms with Gasteiger partial charge in [0.15, 0.2) is 5.78 Å². The van der Waals surface area contributed by atoms with Crippen LogP contribution in [0.25, 0.3) is 10.4 Å². The van der Waals surface area contributed by atoms with Crippen LogP contribution in [0.3, 0.4) is 0 Å². The zero-order chi connectivity index (χ0) is 29.4. The van der Waals surface area contributed by atoms with Crippen molar-refractivity contribution in [3.63, 3.8) is 0 Å². The summed E-state index contributed by atoms with van der Waals surface area (Å²) in [6.45, 7) is 5.16. The van der Waals surface area contributed by atoms with Crippen LogP contribution in [-0.4, -0.2) is 44.2 Å². The van der Waals surface area contributed by atoms with Crippen molar-refractivity contribution >= 4 is 44.6 Å². The lowest BCUT2D eigenvalue weighted by Crippen LogP contribution is -2.50. The molecule has 1 saturated heterocycles. The van der Waals surface area contributed by atoms with Crippen LogP contribution in [0, 0.1) is 11.8 Å². The predicted molar refractivity (Wildman–Crippen MR) is 164 cm³/mol. The predicted octanol–water partition coefficient (Wildman–Crippen LogP) is 4.62. The molecule has 1 amide bonds. The number of carbonyl (C=O) groups is 2. The molecule has 41 heavy (non-hydrogen) atoms. The largest absolute Gasteiger partial charge is 0.384 e. The number of thiophene rings is 1. The maximum Gasteiger partial charge on any atom is 0.243 e. The lowest BCUT2D eigenvalue weighted by atomic mass is 9.79. The zero-order valence-electron chi connectivity index (χ0n) is 23.6. The van der Waals surface area contributed by atoms with Crippen molar-refractivity contribution < 1.29 is 18.0 Å². The minimum atomic E-state index is -4.20. The molecule has 0 aliphatic carbocycles. The summed E-state index contributed by atoms with van der Waals surface area (Å²) < 4.78 is 30.8. The van der Waals surface area contributed by atoms with Gasteiger partial charge in [-0.05, 0) is 67.3 Å². The fourth-order valence-corrected chi connectivity index (χ4v) is 7.53. The summed E-state index contributed by atoms with van der Waals surface area (Å²) in [4.78, 5) is 31.4. The summed E-state index contributed by atoms with van der Waals surface area (Å²) in [5.74, 6) is -0.0541. The lowest BCUT2D eigenvalue weighted by Gasteiger charge is -2.33. The van der Waals surface area contributed by atoms with Crippen molar-refractivity contribution in [2.75, 3.05) is 24.1 Å². The molecule has 1 aliphatic rings. The summed E-state index contributed by atoms with van der Waals surface area (Å²) in [5.41, 5.74) is 7.51. The number of hydrogen-bond acceptors (Lipinski definition) is 8. The zero-order valence-corrected chi connectivity index (χ0v) is 25.2. The first-order valence-electron chi connectivity index (χ1n) is 14.2. The second-order valence-corrected chi connectivity index (χ2v) is 13.0. The number of ketones is 1. The molecule has 9 nitrogen and oxygen atoms in total. The number of pyridine rings is 1. The van der Waals surface area contributed by atoms with Crippen LogP contribution in [0.4, 0.5) is 11.5 Å². The number of sulfonamides is 1. The number of hydrogen-bond donors (Lipinski definition) is 4. The van der Waals surface area contributed by atoms with Gasteiger partial charge in [-0.25, -0.2) is 18.1 Å². The molecular formula is C30H39N5O4S2. The average Bonchev–Trinajstić information content (AvgIpc) is 3.52. The first kappa shape index (κ1) is 30.8. The number of rotatable bonds is 13. The number of aromatic nitrogens is 1. The Labute approximate surface area is 246 Å². The highest BCUT2D eigenvalue weighted by molar-refractivity contribution is 7.89. The third kappa shape index (κ3) is 7.79. The van der Waals surface area contributed by atoms with Gasteiger partial charge in [-0.3, -0.25) is 9.59 Å². The maximum atomic E-state index is 14.0. The van der Waals surface area contributed by atoms with E-state index in [4.69, 9.17) is 5.73 Å². The molecule has 11 heteroatoms. The van der Waals surface area contributed by atoms with Gasteiger partial charge >= 0.3 is 0 Å². The fourth-order valence-electron chi connectivity index (χ4n) is 5.35. The Morgan fingerprint density at radius 1 is 1.17 bits per heavy atom. The van der Waals surface area contributed by atoms with Crippen LogP contribution in [0.2, 0.25) is 0 Å². The first-order valence-corrected chi connectivity index (χ1v) is 16.5. The number of Topliss-reactive ketones (excluding diaryl/α,β-unsaturated/α-hetero) is 1. The number of aryl methyl sites for hydroxylation is 1. The van der Waals surface area contributed by atoms with Crippen LogP contribution in [0.15, 0.2) is 58.9 Å². The average molecular weight is 598 g/mol. The molecule has 0 saturated carbocycles. The van der Waals surface area contributed by atoms with Gasteiger partial charge in [-0.15, -0.1) is 11.3 Å². The van der Waals surface area contributed by atoms with Crippen LogP contribution in [0.1, 0.15) is 51.5 Å². The smallest absolute Gasteiger partial charge is 0.243 e. The van der Waals surface area contributed by atoms with Crippen molar-refractivity contribution in [1.82, 2.24) is 15.0 Å². The normalized spacial score (nSPS) is 18.1. The Kier molecular flexibility index (Phi) is 10.7. The van der Waals surface area contributed by atoms with Gasteiger partial charge in [0.2, 0.25) is 15.9 Å². The first-order chi connectivity index (χ1) is 19.7. The SMILES string of the molecule is CCC(=O)Nc1c(-c2cccs2)cccc1S(=O)(=O)N[C@@H](CCCc1ccc(N)nc1)C(=O)[C@@H]1CNCC[C@@H]1CC. The molecule has 1 fully saturated rings. The van der Waals surface area contributed by atoms with Gasteiger partial charge in [0, 0.05) is 35.5 Å². The molecule has 220 valence electrons. The number of para-hydroxylation sites is 1. The van der Waals surface area contributed by atoms with E-state index in [9.17, 15) is 18.0 Å². The number of nitrogens with two attached hydrogens (primary N) is 1. The number of nitrogen functional groups attached to an aromatic ring is 1. The highest BCUT2D eigenvalue weighted by atomic mass is 32.2. The Balaban J connectivity index is 1.65. The fraction of sp³-hybridized carbons (Fsp3) is 0.433. The summed E-state index contributed by atoms with van der Waals surface area (Å²) in [7, 11) is -4.20. The Morgan fingerprint density at radius 3 is 2.68 bits per heavy atom. The molecule has 5 N–H and O–H groups in total. The van der Waals surface area contributed by atoms with Gasteiger partial charge < -0.3 is 16.4 Å². The van der Waals surface area contributed by atoms with Crippen LogP contribution in [-0.2, 0) is 26.0 Å². The molecule has 3 heterocycles. The van der Waals surface area contributed by atoms with Crippen molar-refractivity contribution in [3.8, 4) is 10.4 Å². The molecular weight excluding hydrogens is 558 g/mol. The standard InChI is InChI=1S/C30H39N5O4S2/c1-3-21-15-16-32-19-23(21)30(37)24(10-5-8-20-13-14-27(31)33-18-20)35-41(38,39)26-12-6-9-22(25-11-7-17-40-25)29(26)34-28(36)4-2/h6-7,9,11-14,17-18,21,23-24,32,35H,3-5,8,10,15-16,19H2,1-2H3,(H2,31,33)(H,34,36)/t21-,23+,24-/m0/s1. The Morgan fingerprint density at radius 2 is 2.00 bits per heavy atom. The summed E-state index contributed by atoms with van der Waals surface area (Å²) in [6.07, 6.45) is 5.16. The van der Waals surface area contributed by atoms with Crippen LogP contribution in [0.5, 0.6) is 0 Å². The van der Waals surface area contributed by atoms with Gasteiger partial charge in [0.05, 0.1) is 11.7 Å². The number of nitrogens with zero attached hydrogens (tertiary/aromatic N) is 1. The number of nitrogens with one attached hydrogen (secondary N) is 3. The third-order valence-electron chi connectivity index (χ3n) is 7.65. The van der Waals surface area contributed by atoms with E-state index >= 15 is 0 Å². The van der Waals surface area contributed by atoms with E-state index in [0.29, 0.717) is 37.2 Å². The minimum Gasteiger partial charge on any atom is -0.384 e. The third-order valence-corrected chi connectivity index (χ3v) is 10.1. The number of amides is 1. The summed E-state index contributed by atoms with van der Waals surface area (Å²) >= 11 is 1.45. The van der Waals surface area contributed by atoms with Crippen molar-refractivity contribution in [2.45, 2.75) is 63.3 Å². The lowest BCUT2D eigenvalue weighted by molar-refractivity contribution is -0.127. The van der Waals surface area contributed by atoms with E-state index in [0.717, 1.165) is 29.8 Å². The Bertz CT molecular complexity index is 1430. The quantitative estimate of drug-likeness (QED) is 0.225. The molecule has 4 rings (SSSR count). The van der Waals surface area contributed by atoms with Crippen molar-refractivity contribution in [1.29, 1.82) is 0 Å². The van der Waals surface area contributed by atoms with E-state index in [2.05, 4.69) is 27.3 Å².